The summed E-state index contributed by atoms with van der Waals surface area (Å²) in [5.74, 6) is 0. The molecule has 0 heterocycles. The van der Waals surface area contributed by atoms with E-state index in [2.05, 4.69) is 13.8 Å². The second-order valence-electron chi connectivity index (χ2n) is 1.71. The van der Waals surface area contributed by atoms with E-state index in [0.717, 1.165) is 0 Å². The first-order valence-electron chi connectivity index (χ1n) is 4.91. The third kappa shape index (κ3) is 102. The van der Waals surface area contributed by atoms with Gasteiger partial charge in [0.15, 0.2) is 0 Å². The van der Waals surface area contributed by atoms with Gasteiger partial charge in [-0.25, -0.2) is 0 Å². The molecular formula is C12H32Y4-2. The Morgan fingerprint density at radius 2 is 0.625 bits per heavy atom. The van der Waals surface area contributed by atoms with Gasteiger partial charge in [0.2, 0.25) is 0 Å². The van der Waals surface area contributed by atoms with Gasteiger partial charge in [-0.05, 0) is 0 Å². The van der Waals surface area contributed by atoms with Gasteiger partial charge < -0.3 is 14.9 Å². The Kier molecular flexibility index (Phi) is 343. The Labute approximate surface area is 208 Å². The molecule has 0 aromatic rings. The van der Waals surface area contributed by atoms with Gasteiger partial charge in [0.25, 0.3) is 0 Å². The number of rotatable bonds is 3. The summed E-state index contributed by atoms with van der Waals surface area (Å²) in [5.41, 5.74) is 0. The van der Waals surface area contributed by atoms with Crippen LogP contribution in [-0.4, -0.2) is 0 Å². The summed E-state index contributed by atoms with van der Waals surface area (Å²) in [4.78, 5) is 0. The number of hydrogen-bond donors (Lipinski definition) is 0. The van der Waals surface area contributed by atoms with Crippen molar-refractivity contribution >= 4 is 0 Å². The van der Waals surface area contributed by atoms with Crippen molar-refractivity contribution in [2.75, 3.05) is 0 Å². The molecule has 0 atom stereocenters. The summed E-state index contributed by atoms with van der Waals surface area (Å²) < 4.78 is 0. The molecule has 0 unspecified atom stereocenters. The molecule has 16 heavy (non-hydrogen) atoms. The smallest absolute Gasteiger partial charge is 0 e. The SMILES string of the molecule is CC.CC.CCCCCC.[CH3-].[CH3-].[Y].[Y].[Y].[Y]. The molecule has 0 fully saturated rings. The second kappa shape index (κ2) is 93.0. The molecular weight excluding hydrogens is 500 g/mol. The Morgan fingerprint density at radius 1 is 0.500 bits per heavy atom. The predicted octanol–water partition coefficient (Wildman–Crippen LogP) is 5.53. The first-order valence-corrected chi connectivity index (χ1v) is 4.91. The normalized spacial score (nSPS) is 4.12. The average molecular weight is 532 g/mol. The zero-order valence-electron chi connectivity index (χ0n) is 13.1. The third-order valence-electron chi connectivity index (χ3n) is 0.957. The molecule has 0 saturated carbocycles. The van der Waals surface area contributed by atoms with Gasteiger partial charge in [-0.1, -0.05) is 67.2 Å². The maximum atomic E-state index is 2.23. The van der Waals surface area contributed by atoms with Crippen LogP contribution in [-0.2, 0) is 131 Å². The molecule has 0 spiro atoms. The fourth-order valence-electron chi connectivity index (χ4n) is 0.500. The van der Waals surface area contributed by atoms with E-state index in [1.165, 1.54) is 25.7 Å². The van der Waals surface area contributed by atoms with Gasteiger partial charge in [0.05, 0.1) is 0 Å². The molecule has 4 heteroatoms. The van der Waals surface area contributed by atoms with E-state index in [9.17, 15) is 0 Å². The Hall–Kier alpha value is 4.42. The topological polar surface area (TPSA) is 0 Å². The van der Waals surface area contributed by atoms with Crippen LogP contribution in [0.15, 0.2) is 0 Å². The minimum absolute atomic E-state index is 0. The van der Waals surface area contributed by atoms with E-state index < -0.39 is 0 Å². The largest absolute Gasteiger partial charge is 0.358 e. The summed E-state index contributed by atoms with van der Waals surface area (Å²) in [6.45, 7) is 12.5. The average Bonchev–Trinajstić information content (AvgIpc) is 2.08. The first-order chi connectivity index (χ1) is 4.91. The molecule has 0 aromatic carbocycles. The maximum Gasteiger partial charge on any atom is 0 e. The van der Waals surface area contributed by atoms with Crippen molar-refractivity contribution in [3.05, 3.63) is 14.9 Å². The molecule has 0 rings (SSSR count). The Bertz CT molecular complexity index is 25.0. The molecule has 94 valence electrons. The molecule has 0 nitrogen and oxygen atoms in total. The second-order valence-corrected chi connectivity index (χ2v) is 1.71. The first kappa shape index (κ1) is 59.1. The Balaban J connectivity index is -0.00000000643. The molecule has 0 aromatic heterocycles. The van der Waals surface area contributed by atoms with E-state index in [0.29, 0.717) is 0 Å². The summed E-state index contributed by atoms with van der Waals surface area (Å²) >= 11 is 0. The van der Waals surface area contributed by atoms with Crippen molar-refractivity contribution in [1.29, 1.82) is 0 Å². The van der Waals surface area contributed by atoms with Gasteiger partial charge in [0, 0.05) is 131 Å². The van der Waals surface area contributed by atoms with Crippen LogP contribution < -0.4 is 0 Å². The summed E-state index contributed by atoms with van der Waals surface area (Å²) in [5, 5.41) is 0. The van der Waals surface area contributed by atoms with E-state index in [4.69, 9.17) is 0 Å². The summed E-state index contributed by atoms with van der Waals surface area (Å²) in [6.07, 6.45) is 5.54. The predicted molar refractivity (Wildman–Crippen MR) is 65.3 cm³/mol. The van der Waals surface area contributed by atoms with Crippen LogP contribution in [0, 0.1) is 14.9 Å². The van der Waals surface area contributed by atoms with E-state index in [1.807, 2.05) is 27.7 Å². The Morgan fingerprint density at radius 3 is 0.688 bits per heavy atom. The van der Waals surface area contributed by atoms with E-state index in [1.54, 1.807) is 0 Å². The fraction of sp³-hybridized carbons (Fsp3) is 0.833. The fourth-order valence-corrected chi connectivity index (χ4v) is 0.500. The quantitative estimate of drug-likeness (QED) is 0.332. The maximum absolute atomic E-state index is 2.23. The molecule has 0 N–H and O–H groups in total. The van der Waals surface area contributed by atoms with Crippen molar-refractivity contribution in [1.82, 2.24) is 0 Å². The van der Waals surface area contributed by atoms with Crippen LogP contribution in [0.3, 0.4) is 0 Å². The third-order valence-corrected chi connectivity index (χ3v) is 0.957. The van der Waals surface area contributed by atoms with Crippen molar-refractivity contribution in [2.45, 2.75) is 67.2 Å². The van der Waals surface area contributed by atoms with Gasteiger partial charge in [-0.15, -0.1) is 0 Å². The van der Waals surface area contributed by atoms with Crippen molar-refractivity contribution in [3.8, 4) is 0 Å². The molecule has 0 aliphatic heterocycles. The molecule has 0 aliphatic carbocycles. The summed E-state index contributed by atoms with van der Waals surface area (Å²) in [7, 11) is 0. The van der Waals surface area contributed by atoms with E-state index in [-0.39, 0.29) is 146 Å². The van der Waals surface area contributed by atoms with Crippen molar-refractivity contribution in [3.63, 3.8) is 0 Å². The van der Waals surface area contributed by atoms with Gasteiger partial charge in [-0.2, -0.15) is 0 Å². The molecule has 0 amide bonds. The van der Waals surface area contributed by atoms with Gasteiger partial charge in [0.1, 0.15) is 0 Å². The van der Waals surface area contributed by atoms with Crippen LogP contribution in [0.2, 0.25) is 0 Å². The molecule has 0 aliphatic rings. The van der Waals surface area contributed by atoms with Crippen LogP contribution in [0.1, 0.15) is 67.2 Å². The molecule has 0 bridgehead atoms. The van der Waals surface area contributed by atoms with Crippen LogP contribution >= 0.6 is 0 Å². The van der Waals surface area contributed by atoms with Crippen molar-refractivity contribution in [2.24, 2.45) is 0 Å². The molecule has 4 radical (unpaired) electrons. The van der Waals surface area contributed by atoms with Gasteiger partial charge in [-0.3, -0.25) is 0 Å². The van der Waals surface area contributed by atoms with Crippen LogP contribution in [0.25, 0.3) is 0 Å². The van der Waals surface area contributed by atoms with Gasteiger partial charge >= 0.3 is 0 Å². The standard InChI is InChI=1S/C6H14.2C2H6.2CH3.4Y/c1-3-5-6-4-2;2*1-2;;;;;;/h3-6H2,1-2H3;2*1-2H3;2*1H3;;;;/q;;;2*-1;;;;. The zero-order chi connectivity index (χ0) is 8.83. The number of hydrogen-bond acceptors (Lipinski definition) is 0. The minimum atomic E-state index is 0. The molecule has 0 saturated heterocycles. The summed E-state index contributed by atoms with van der Waals surface area (Å²) in [6, 6.07) is 0. The monoisotopic (exact) mass is 532 g/mol. The number of unbranched alkanes of at least 4 members (excludes halogenated alkanes) is 3. The van der Waals surface area contributed by atoms with Crippen LogP contribution in [0.5, 0.6) is 0 Å². The van der Waals surface area contributed by atoms with Crippen molar-refractivity contribution < 1.29 is 131 Å². The van der Waals surface area contributed by atoms with Crippen LogP contribution in [0.4, 0.5) is 0 Å². The minimum Gasteiger partial charge on any atom is -0.358 e. The zero-order valence-corrected chi connectivity index (χ0v) is 24.5. The van der Waals surface area contributed by atoms with E-state index >= 15 is 0 Å².